The second-order valence-corrected chi connectivity index (χ2v) is 13.2. The summed E-state index contributed by atoms with van der Waals surface area (Å²) in [5.74, 6) is 4.38. The van der Waals surface area contributed by atoms with Gasteiger partial charge in [-0.3, -0.25) is 0 Å². The van der Waals surface area contributed by atoms with Crippen LogP contribution in [0.4, 0.5) is 0 Å². The first kappa shape index (κ1) is 27.5. The number of hydrogen-bond donors (Lipinski definition) is 0. The maximum Gasteiger partial charge on any atom is 0.164 e. The minimum Gasteiger partial charge on any atom is -0.208 e. The van der Waals surface area contributed by atoms with Crippen LogP contribution in [0, 0.1) is 0 Å². The monoisotopic (exact) mass is 555 g/mol. The van der Waals surface area contributed by atoms with Crippen LogP contribution >= 0.6 is 0 Å². The molecule has 0 saturated heterocycles. The second kappa shape index (κ2) is 12.9. The zero-order valence-corrected chi connectivity index (χ0v) is 25.1. The molecule has 1 aromatic heterocycles. The molecule has 3 heteroatoms. The van der Waals surface area contributed by atoms with Crippen molar-refractivity contribution in [3.8, 4) is 34.2 Å². The highest BCUT2D eigenvalue weighted by Crippen LogP contribution is 2.36. The van der Waals surface area contributed by atoms with Crippen molar-refractivity contribution in [2.24, 2.45) is 0 Å². The zero-order valence-electron chi connectivity index (χ0n) is 25.1. The van der Waals surface area contributed by atoms with Crippen LogP contribution in [0.3, 0.4) is 0 Å². The fraction of sp³-hybridized carbons (Fsp3) is 0.462. The Kier molecular flexibility index (Phi) is 8.44. The predicted octanol–water partition coefficient (Wildman–Crippen LogP) is 11.0. The highest BCUT2D eigenvalue weighted by Gasteiger charge is 2.19. The molecule has 0 atom stereocenters. The van der Waals surface area contributed by atoms with Gasteiger partial charge < -0.3 is 0 Å². The summed E-state index contributed by atoms with van der Waals surface area (Å²) in [5, 5.41) is 0. The summed E-state index contributed by atoms with van der Waals surface area (Å²) in [6.07, 6.45) is 20.1. The Morgan fingerprint density at radius 2 is 0.548 bits per heavy atom. The Labute approximate surface area is 252 Å². The Morgan fingerprint density at radius 3 is 0.786 bits per heavy atom. The van der Waals surface area contributed by atoms with E-state index in [2.05, 4.69) is 72.8 Å². The Bertz CT molecular complexity index is 1250. The van der Waals surface area contributed by atoms with Gasteiger partial charge in [0, 0.05) is 16.7 Å². The van der Waals surface area contributed by atoms with Crippen LogP contribution in [0.1, 0.15) is 131 Å². The van der Waals surface area contributed by atoms with Gasteiger partial charge in [-0.05, 0) is 73.0 Å². The molecule has 0 N–H and O–H groups in total. The van der Waals surface area contributed by atoms with Crippen LogP contribution in [-0.2, 0) is 0 Å². The Morgan fingerprint density at radius 1 is 0.310 bits per heavy atom. The fourth-order valence-corrected chi connectivity index (χ4v) is 7.78. The normalized spacial score (nSPS) is 19.1. The van der Waals surface area contributed by atoms with E-state index < -0.39 is 0 Å². The van der Waals surface area contributed by atoms with Crippen molar-refractivity contribution in [2.75, 3.05) is 0 Å². The van der Waals surface area contributed by atoms with Gasteiger partial charge in [0.2, 0.25) is 0 Å². The molecule has 3 aromatic carbocycles. The van der Waals surface area contributed by atoms with Gasteiger partial charge in [0.05, 0.1) is 0 Å². The molecule has 3 aliphatic rings. The molecule has 3 fully saturated rings. The third-order valence-corrected chi connectivity index (χ3v) is 10.4. The molecule has 42 heavy (non-hydrogen) atoms. The van der Waals surface area contributed by atoms with Crippen LogP contribution in [0.5, 0.6) is 0 Å². The van der Waals surface area contributed by atoms with Crippen molar-refractivity contribution in [2.45, 2.75) is 114 Å². The van der Waals surface area contributed by atoms with E-state index in [1.807, 2.05) is 0 Å². The minimum absolute atomic E-state index is 0.697. The minimum atomic E-state index is 0.697. The number of aromatic nitrogens is 3. The van der Waals surface area contributed by atoms with Crippen LogP contribution in [0.15, 0.2) is 72.8 Å². The Balaban J connectivity index is 1.22. The second-order valence-electron chi connectivity index (χ2n) is 13.2. The lowest BCUT2D eigenvalue weighted by atomic mass is 9.84. The molecule has 3 nitrogen and oxygen atoms in total. The lowest BCUT2D eigenvalue weighted by Crippen LogP contribution is -2.05. The summed E-state index contributed by atoms with van der Waals surface area (Å²) in [7, 11) is 0. The van der Waals surface area contributed by atoms with Gasteiger partial charge >= 0.3 is 0 Å². The third-order valence-electron chi connectivity index (χ3n) is 10.4. The van der Waals surface area contributed by atoms with Crippen molar-refractivity contribution in [1.82, 2.24) is 15.0 Å². The molecule has 216 valence electrons. The van der Waals surface area contributed by atoms with E-state index in [1.54, 1.807) is 0 Å². The van der Waals surface area contributed by atoms with E-state index in [9.17, 15) is 0 Å². The largest absolute Gasteiger partial charge is 0.208 e. The van der Waals surface area contributed by atoms with Crippen molar-refractivity contribution >= 4 is 0 Å². The van der Waals surface area contributed by atoms with Crippen molar-refractivity contribution < 1.29 is 0 Å². The highest BCUT2D eigenvalue weighted by molar-refractivity contribution is 5.67. The van der Waals surface area contributed by atoms with E-state index in [-0.39, 0.29) is 0 Å². The maximum absolute atomic E-state index is 5.05. The first-order valence-corrected chi connectivity index (χ1v) is 16.9. The summed E-state index contributed by atoms with van der Waals surface area (Å²) >= 11 is 0. The van der Waals surface area contributed by atoms with Gasteiger partial charge in [0.15, 0.2) is 17.5 Å². The first-order chi connectivity index (χ1) is 20.8. The maximum atomic E-state index is 5.05. The summed E-state index contributed by atoms with van der Waals surface area (Å²) in [4.78, 5) is 15.2. The van der Waals surface area contributed by atoms with Crippen molar-refractivity contribution in [1.29, 1.82) is 0 Å². The highest BCUT2D eigenvalue weighted by atomic mass is 15.0. The molecule has 3 aliphatic carbocycles. The van der Waals surface area contributed by atoms with Crippen LogP contribution in [0.25, 0.3) is 34.2 Å². The summed E-state index contributed by atoms with van der Waals surface area (Å²) in [5.41, 5.74) is 7.59. The van der Waals surface area contributed by atoms with Gasteiger partial charge in [0.25, 0.3) is 0 Å². The Hall–Kier alpha value is -3.33. The van der Waals surface area contributed by atoms with Crippen molar-refractivity contribution in [3.05, 3.63) is 89.5 Å². The average Bonchev–Trinajstić information content (AvgIpc) is 3.09. The summed E-state index contributed by atoms with van der Waals surface area (Å²) in [6, 6.07) is 27.2. The van der Waals surface area contributed by atoms with Gasteiger partial charge in [-0.25, -0.2) is 15.0 Å². The van der Waals surface area contributed by atoms with Gasteiger partial charge in [-0.1, -0.05) is 131 Å². The molecule has 0 radical (unpaired) electrons. The molecule has 1 heterocycles. The number of benzene rings is 3. The molecule has 7 rings (SSSR count). The lowest BCUT2D eigenvalue weighted by Gasteiger charge is -2.22. The first-order valence-electron chi connectivity index (χ1n) is 16.9. The molecule has 3 saturated carbocycles. The van der Waals surface area contributed by atoms with E-state index >= 15 is 0 Å². The average molecular weight is 556 g/mol. The molecule has 0 spiro atoms. The van der Waals surface area contributed by atoms with E-state index in [0.29, 0.717) is 17.8 Å². The van der Waals surface area contributed by atoms with Crippen molar-refractivity contribution in [3.63, 3.8) is 0 Å². The van der Waals surface area contributed by atoms with Gasteiger partial charge in [-0.2, -0.15) is 0 Å². The number of nitrogens with zero attached hydrogens (tertiary/aromatic N) is 3. The number of hydrogen-bond acceptors (Lipinski definition) is 3. The van der Waals surface area contributed by atoms with E-state index in [1.165, 1.54) is 113 Å². The van der Waals surface area contributed by atoms with Crippen LogP contribution < -0.4 is 0 Å². The molecule has 0 aliphatic heterocycles. The number of rotatable bonds is 6. The summed E-state index contributed by atoms with van der Waals surface area (Å²) < 4.78 is 0. The van der Waals surface area contributed by atoms with Crippen LogP contribution in [-0.4, -0.2) is 15.0 Å². The quantitative estimate of drug-likeness (QED) is 0.237. The molecule has 0 unspecified atom stereocenters. The molecule has 4 aromatic rings. The fourth-order valence-electron chi connectivity index (χ4n) is 7.78. The smallest absolute Gasteiger partial charge is 0.164 e. The molecular formula is C39H45N3. The van der Waals surface area contributed by atoms with Gasteiger partial charge in [-0.15, -0.1) is 0 Å². The van der Waals surface area contributed by atoms with Crippen LogP contribution in [0.2, 0.25) is 0 Å². The topological polar surface area (TPSA) is 38.7 Å². The molecule has 0 bridgehead atoms. The van der Waals surface area contributed by atoms with E-state index in [4.69, 9.17) is 15.0 Å². The molecule has 0 amide bonds. The predicted molar refractivity (Wildman–Crippen MR) is 174 cm³/mol. The zero-order chi connectivity index (χ0) is 28.1. The summed E-state index contributed by atoms with van der Waals surface area (Å²) in [6.45, 7) is 0. The van der Waals surface area contributed by atoms with Gasteiger partial charge in [0.1, 0.15) is 0 Å². The third kappa shape index (κ3) is 6.21. The lowest BCUT2D eigenvalue weighted by molar-refractivity contribution is 0.443. The molecular weight excluding hydrogens is 510 g/mol. The standard InChI is InChI=1S/C39H45N3/c1-4-10-28(11-5-1)31-16-22-34(23-17-31)37-40-38(35-24-18-32(19-25-35)29-12-6-2-7-13-29)42-39(41-37)36-26-20-33(21-27-36)30-14-8-3-9-15-30/h16-30H,1-15H2. The SMILES string of the molecule is c1cc(C2CCCCC2)ccc1-c1nc(-c2ccc(C3CCCCC3)cc2)nc(-c2ccc(C3CCCCC3)cc2)n1. The van der Waals surface area contributed by atoms with E-state index in [0.717, 1.165) is 34.2 Å².